The molecule has 5 heteroatoms. The molecule has 0 aliphatic carbocycles. The monoisotopic (exact) mass is 350 g/mol. The molecule has 2 aromatic carbocycles. The molecule has 0 saturated heterocycles. The molecular formula is C21H18O5-2. The summed E-state index contributed by atoms with van der Waals surface area (Å²) >= 11 is 0. The number of rotatable bonds is 8. The molecule has 0 aliphatic rings. The number of benzene rings is 2. The Labute approximate surface area is 151 Å². The fourth-order valence-corrected chi connectivity index (χ4v) is 2.89. The van der Waals surface area contributed by atoms with Crippen LogP contribution in [-0.4, -0.2) is 17.7 Å². The predicted octanol–water partition coefficient (Wildman–Crippen LogP) is 0.491. The quantitative estimate of drug-likeness (QED) is 0.646. The second-order valence-corrected chi connectivity index (χ2v) is 6.20. The van der Waals surface area contributed by atoms with Crippen LogP contribution < -0.4 is 10.2 Å². The van der Waals surface area contributed by atoms with E-state index in [4.69, 9.17) is 0 Å². The Bertz CT molecular complexity index is 836. The minimum absolute atomic E-state index is 0.0257. The Morgan fingerprint density at radius 1 is 0.962 bits per heavy atom. The van der Waals surface area contributed by atoms with Crippen LogP contribution in [-0.2, 0) is 26.2 Å². The van der Waals surface area contributed by atoms with E-state index in [0.29, 0.717) is 5.56 Å². The van der Waals surface area contributed by atoms with Gasteiger partial charge in [0.15, 0.2) is 0 Å². The van der Waals surface area contributed by atoms with Gasteiger partial charge >= 0.3 is 0 Å². The first-order chi connectivity index (χ1) is 12.3. The maximum atomic E-state index is 12.6. The molecule has 2 rings (SSSR count). The van der Waals surface area contributed by atoms with Crippen molar-refractivity contribution in [2.75, 3.05) is 0 Å². The lowest BCUT2D eigenvalue weighted by atomic mass is 9.70. The van der Waals surface area contributed by atoms with E-state index < -0.39 is 35.1 Å². The number of Topliss-reactive ketones (excluding diaryl/α,β-unsaturated/α-hetero) is 1. The summed E-state index contributed by atoms with van der Waals surface area (Å²) in [6, 6.07) is 15.0. The Balaban J connectivity index is 2.46. The number of ketones is 1. The van der Waals surface area contributed by atoms with Gasteiger partial charge in [-0.15, -0.1) is 0 Å². The van der Waals surface area contributed by atoms with Gasteiger partial charge in [-0.25, -0.2) is 0 Å². The highest BCUT2D eigenvalue weighted by molar-refractivity contribution is 6.02. The Morgan fingerprint density at radius 2 is 1.54 bits per heavy atom. The lowest BCUT2D eigenvalue weighted by Gasteiger charge is -2.37. The second-order valence-electron chi connectivity index (χ2n) is 6.20. The molecule has 0 bridgehead atoms. The van der Waals surface area contributed by atoms with Crippen molar-refractivity contribution >= 4 is 17.7 Å². The second kappa shape index (κ2) is 7.78. The molecule has 134 valence electrons. The lowest BCUT2D eigenvalue weighted by Crippen LogP contribution is -2.52. The fourth-order valence-electron chi connectivity index (χ4n) is 2.89. The van der Waals surface area contributed by atoms with Gasteiger partial charge < -0.3 is 19.8 Å². The van der Waals surface area contributed by atoms with Crippen LogP contribution in [0.4, 0.5) is 0 Å². The zero-order valence-electron chi connectivity index (χ0n) is 14.4. The minimum atomic E-state index is -2.18. The van der Waals surface area contributed by atoms with Crippen molar-refractivity contribution in [3.8, 4) is 0 Å². The number of carboxylic acids is 2. The van der Waals surface area contributed by atoms with Crippen molar-refractivity contribution < 1.29 is 24.6 Å². The average molecular weight is 350 g/mol. The first-order valence-electron chi connectivity index (χ1n) is 8.02. The van der Waals surface area contributed by atoms with E-state index in [1.54, 1.807) is 49.4 Å². The number of carboxylic acid groups (broad SMARTS) is 2. The van der Waals surface area contributed by atoms with Crippen LogP contribution in [0.25, 0.3) is 0 Å². The van der Waals surface area contributed by atoms with E-state index in [1.165, 1.54) is 12.1 Å². The first kappa shape index (κ1) is 19.1. The number of hydrogen-bond donors (Lipinski definition) is 0. The highest BCUT2D eigenvalue weighted by Crippen LogP contribution is 2.35. The molecule has 0 spiro atoms. The molecule has 0 saturated carbocycles. The van der Waals surface area contributed by atoms with Gasteiger partial charge in [-0.3, -0.25) is 4.79 Å². The molecule has 1 unspecified atom stereocenters. The highest BCUT2D eigenvalue weighted by Gasteiger charge is 2.39. The summed E-state index contributed by atoms with van der Waals surface area (Å²) in [6.07, 6.45) is -0.609. The maximum absolute atomic E-state index is 12.6. The van der Waals surface area contributed by atoms with E-state index in [-0.39, 0.29) is 12.0 Å². The third-order valence-electron chi connectivity index (χ3n) is 4.36. The zero-order chi connectivity index (χ0) is 19.3. The normalized spacial score (nSPS) is 12.8. The van der Waals surface area contributed by atoms with Crippen molar-refractivity contribution in [3.05, 3.63) is 83.4 Å². The van der Waals surface area contributed by atoms with Crippen molar-refractivity contribution in [2.24, 2.45) is 0 Å². The van der Waals surface area contributed by atoms with E-state index >= 15 is 0 Å². The van der Waals surface area contributed by atoms with Crippen LogP contribution in [0, 0.1) is 6.92 Å². The molecule has 0 radical (unpaired) electrons. The van der Waals surface area contributed by atoms with Gasteiger partial charge in [0.1, 0.15) is 5.78 Å². The molecule has 26 heavy (non-hydrogen) atoms. The van der Waals surface area contributed by atoms with Crippen molar-refractivity contribution in [2.45, 2.75) is 25.2 Å². The Morgan fingerprint density at radius 3 is 2.04 bits per heavy atom. The minimum Gasteiger partial charge on any atom is -0.549 e. The first-order valence-corrected chi connectivity index (χ1v) is 8.02. The van der Waals surface area contributed by atoms with Crippen molar-refractivity contribution in [1.82, 2.24) is 0 Å². The van der Waals surface area contributed by atoms with Crippen LogP contribution in [0.1, 0.15) is 23.1 Å². The Hall–Kier alpha value is -3.21. The summed E-state index contributed by atoms with van der Waals surface area (Å²) < 4.78 is 0. The summed E-state index contributed by atoms with van der Waals surface area (Å²) in [6.45, 7) is 5.18. The molecule has 0 aromatic heterocycles. The molecule has 0 N–H and O–H groups in total. The van der Waals surface area contributed by atoms with Crippen LogP contribution in [0.5, 0.6) is 0 Å². The zero-order valence-corrected chi connectivity index (χ0v) is 14.4. The third kappa shape index (κ3) is 3.88. The summed E-state index contributed by atoms with van der Waals surface area (Å²) in [5, 5.41) is 23.4. The molecule has 0 aliphatic heterocycles. The van der Waals surface area contributed by atoms with Gasteiger partial charge in [-0.05, 0) is 23.6 Å². The molecule has 2 aromatic rings. The standard InChI is InChI=1S/C21H20O5/c1-14-8-10-17(11-9-14)21(20(25)26,15(2)19(23)24)13-18(22)12-16-6-4-3-5-7-16/h3-11H,2,12-13H2,1H3,(H,23,24)(H,25,26)/p-2. The number of aryl methyl sites for hydroxylation is 1. The molecule has 0 amide bonds. The smallest absolute Gasteiger partial charge is 0.138 e. The maximum Gasteiger partial charge on any atom is 0.138 e. The average Bonchev–Trinajstić information content (AvgIpc) is 2.60. The summed E-state index contributed by atoms with van der Waals surface area (Å²) in [5.74, 6) is -3.87. The lowest BCUT2D eigenvalue weighted by molar-refractivity contribution is -0.317. The SMILES string of the molecule is C=C(C(=O)[O-])C(CC(=O)Cc1ccccc1)(C(=O)[O-])c1ccc(C)cc1. The van der Waals surface area contributed by atoms with Gasteiger partial charge in [0.05, 0.1) is 17.4 Å². The fraction of sp³-hybridized carbons (Fsp3) is 0.190. The van der Waals surface area contributed by atoms with Gasteiger partial charge in [0.25, 0.3) is 0 Å². The largest absolute Gasteiger partial charge is 0.549 e. The van der Waals surface area contributed by atoms with Crippen molar-refractivity contribution in [1.29, 1.82) is 0 Å². The van der Waals surface area contributed by atoms with Gasteiger partial charge in [0.2, 0.25) is 0 Å². The molecule has 5 nitrogen and oxygen atoms in total. The van der Waals surface area contributed by atoms with Crippen LogP contribution >= 0.6 is 0 Å². The van der Waals surface area contributed by atoms with E-state index in [9.17, 15) is 24.6 Å². The van der Waals surface area contributed by atoms with Crippen LogP contribution in [0.3, 0.4) is 0 Å². The summed E-state index contributed by atoms with van der Waals surface area (Å²) in [7, 11) is 0. The summed E-state index contributed by atoms with van der Waals surface area (Å²) in [4.78, 5) is 36.0. The number of carbonyl (C=O) groups excluding carboxylic acids is 3. The number of aliphatic carboxylic acids is 2. The molecule has 0 fully saturated rings. The van der Waals surface area contributed by atoms with E-state index in [1.807, 2.05) is 0 Å². The molecule has 0 heterocycles. The topological polar surface area (TPSA) is 97.3 Å². The Kier molecular flexibility index (Phi) is 5.72. The van der Waals surface area contributed by atoms with E-state index in [2.05, 4.69) is 6.58 Å². The van der Waals surface area contributed by atoms with Gasteiger partial charge in [-0.2, -0.15) is 0 Å². The third-order valence-corrected chi connectivity index (χ3v) is 4.36. The number of hydrogen-bond acceptors (Lipinski definition) is 5. The van der Waals surface area contributed by atoms with Crippen molar-refractivity contribution in [3.63, 3.8) is 0 Å². The van der Waals surface area contributed by atoms with Gasteiger partial charge in [0, 0.05) is 12.8 Å². The van der Waals surface area contributed by atoms with Crippen LogP contribution in [0.15, 0.2) is 66.7 Å². The number of carbonyl (C=O) groups is 3. The highest BCUT2D eigenvalue weighted by atomic mass is 16.4. The summed E-state index contributed by atoms with van der Waals surface area (Å²) in [5.41, 5.74) is -1.21. The predicted molar refractivity (Wildman–Crippen MR) is 91.8 cm³/mol. The van der Waals surface area contributed by atoms with E-state index in [0.717, 1.165) is 5.56 Å². The molecule has 1 atom stereocenters. The van der Waals surface area contributed by atoms with Crippen LogP contribution in [0.2, 0.25) is 0 Å². The molecular weight excluding hydrogens is 332 g/mol. The van der Waals surface area contributed by atoms with Gasteiger partial charge in [-0.1, -0.05) is 66.7 Å².